The largest absolute Gasteiger partial charge is 0.352 e. The molecule has 158 valence electrons. The molecule has 0 saturated carbocycles. The summed E-state index contributed by atoms with van der Waals surface area (Å²) in [5.74, 6) is 0.418. The smallest absolute Gasteiger partial charge is 0.251 e. The summed E-state index contributed by atoms with van der Waals surface area (Å²) in [7, 11) is -3.42. The van der Waals surface area contributed by atoms with Gasteiger partial charge in [-0.25, -0.2) is 8.42 Å². The maximum absolute atomic E-state index is 12.4. The van der Waals surface area contributed by atoms with Crippen LogP contribution in [0.4, 0.5) is 5.69 Å². The van der Waals surface area contributed by atoms with E-state index in [0.717, 1.165) is 18.4 Å². The van der Waals surface area contributed by atoms with Crippen LogP contribution in [0.15, 0.2) is 54.6 Å². The Morgan fingerprint density at radius 1 is 1.03 bits per heavy atom. The summed E-state index contributed by atoms with van der Waals surface area (Å²) >= 11 is 0. The molecule has 1 amide bonds. The van der Waals surface area contributed by atoms with Crippen molar-refractivity contribution in [3.05, 3.63) is 65.7 Å². The molecule has 2 aromatic rings. The van der Waals surface area contributed by atoms with Gasteiger partial charge < -0.3 is 5.32 Å². The van der Waals surface area contributed by atoms with Gasteiger partial charge in [-0.2, -0.15) is 0 Å². The average molecular weight is 417 g/mol. The lowest BCUT2D eigenvalue weighted by Gasteiger charge is -2.22. The number of nitrogens with zero attached hydrogens (tertiary/aromatic N) is 1. The highest BCUT2D eigenvalue weighted by atomic mass is 32.2. The summed E-state index contributed by atoms with van der Waals surface area (Å²) in [6.45, 7) is 5.24. The molecule has 0 aliphatic carbocycles. The molecule has 1 atom stereocenters. The summed E-state index contributed by atoms with van der Waals surface area (Å²) in [6.07, 6.45) is 5.73. The fourth-order valence-electron chi connectivity index (χ4n) is 3.20. The van der Waals surface area contributed by atoms with Crippen molar-refractivity contribution in [1.29, 1.82) is 0 Å². The molecule has 0 saturated heterocycles. The number of carbonyl (C=O) groups excluding carboxylic acids is 1. The molecule has 1 N–H and O–H groups in total. The first-order chi connectivity index (χ1) is 13.8. The van der Waals surface area contributed by atoms with E-state index in [2.05, 4.69) is 19.2 Å². The maximum atomic E-state index is 12.4. The summed E-state index contributed by atoms with van der Waals surface area (Å²) in [5.41, 5.74) is 2.03. The number of unbranched alkanes of at least 4 members (excludes halogenated alkanes) is 1. The van der Waals surface area contributed by atoms with Gasteiger partial charge in [-0.1, -0.05) is 63.4 Å². The van der Waals surface area contributed by atoms with Crippen molar-refractivity contribution in [1.82, 2.24) is 5.32 Å². The third-order valence-electron chi connectivity index (χ3n) is 5.08. The topological polar surface area (TPSA) is 66.5 Å². The zero-order chi connectivity index (χ0) is 21.3. The molecule has 0 heterocycles. The lowest BCUT2D eigenvalue weighted by atomic mass is 9.99. The van der Waals surface area contributed by atoms with Crippen LogP contribution in [0.1, 0.15) is 55.5 Å². The van der Waals surface area contributed by atoms with Crippen molar-refractivity contribution in [2.45, 2.75) is 46.1 Å². The normalized spacial score (nSPS) is 12.4. The van der Waals surface area contributed by atoms with Crippen molar-refractivity contribution in [3.8, 4) is 0 Å². The highest BCUT2D eigenvalue weighted by Gasteiger charge is 2.18. The van der Waals surface area contributed by atoms with Crippen molar-refractivity contribution >= 4 is 21.6 Å². The summed E-state index contributed by atoms with van der Waals surface area (Å²) in [6, 6.07) is 16.1. The van der Waals surface area contributed by atoms with E-state index in [9.17, 15) is 13.2 Å². The number of rotatable bonds is 11. The molecular weight excluding hydrogens is 384 g/mol. The van der Waals surface area contributed by atoms with Gasteiger partial charge in [0, 0.05) is 12.1 Å². The van der Waals surface area contributed by atoms with Crippen molar-refractivity contribution in [2.24, 2.45) is 5.92 Å². The molecule has 0 radical (unpaired) electrons. The zero-order valence-corrected chi connectivity index (χ0v) is 18.4. The van der Waals surface area contributed by atoms with Crippen LogP contribution in [0.3, 0.4) is 0 Å². The molecule has 0 fully saturated rings. The van der Waals surface area contributed by atoms with Crippen LogP contribution in [0.5, 0.6) is 0 Å². The Morgan fingerprint density at radius 3 is 2.24 bits per heavy atom. The van der Waals surface area contributed by atoms with Crippen LogP contribution < -0.4 is 9.62 Å². The maximum Gasteiger partial charge on any atom is 0.251 e. The van der Waals surface area contributed by atoms with Gasteiger partial charge in [-0.15, -0.1) is 0 Å². The van der Waals surface area contributed by atoms with Crippen LogP contribution in [-0.2, 0) is 16.6 Å². The highest BCUT2D eigenvalue weighted by Crippen LogP contribution is 2.20. The summed E-state index contributed by atoms with van der Waals surface area (Å²) in [4.78, 5) is 12.4. The molecule has 0 aliphatic heterocycles. The summed E-state index contributed by atoms with van der Waals surface area (Å²) < 4.78 is 25.8. The first-order valence-corrected chi connectivity index (χ1v) is 12.1. The molecule has 2 rings (SSSR count). The van der Waals surface area contributed by atoms with Crippen LogP contribution >= 0.6 is 0 Å². The Morgan fingerprint density at radius 2 is 1.69 bits per heavy atom. The fraction of sp³-hybridized carbons (Fsp3) is 0.435. The Bertz CT molecular complexity index is 865. The third-order valence-corrected chi connectivity index (χ3v) is 6.22. The van der Waals surface area contributed by atoms with Crippen LogP contribution in [0.25, 0.3) is 0 Å². The molecular formula is C23H32N2O3S. The first-order valence-electron chi connectivity index (χ1n) is 10.2. The number of hydrogen-bond donors (Lipinski definition) is 1. The van der Waals surface area contributed by atoms with Gasteiger partial charge in [0.05, 0.1) is 18.5 Å². The fourth-order valence-corrected chi connectivity index (χ4v) is 4.09. The van der Waals surface area contributed by atoms with E-state index >= 15 is 0 Å². The first kappa shape index (κ1) is 22.9. The molecule has 0 aliphatic rings. The van der Waals surface area contributed by atoms with Gasteiger partial charge in [0.1, 0.15) is 0 Å². The van der Waals surface area contributed by atoms with Crippen LogP contribution in [-0.4, -0.2) is 27.1 Å². The monoisotopic (exact) mass is 416 g/mol. The second-order valence-corrected chi connectivity index (χ2v) is 9.34. The Labute approximate surface area is 175 Å². The SMILES string of the molecule is CCCCC(CC)CNC(=O)c1ccc(CN(c2ccccc2)S(C)(=O)=O)cc1. The number of carbonyl (C=O) groups is 1. The summed E-state index contributed by atoms with van der Waals surface area (Å²) in [5, 5.41) is 3.02. The molecule has 5 nitrogen and oxygen atoms in total. The lowest BCUT2D eigenvalue weighted by molar-refractivity contribution is 0.0946. The van der Waals surface area contributed by atoms with Gasteiger partial charge in [0.25, 0.3) is 5.91 Å². The van der Waals surface area contributed by atoms with Gasteiger partial charge in [0.2, 0.25) is 10.0 Å². The molecule has 0 bridgehead atoms. The number of anilines is 1. The lowest BCUT2D eigenvalue weighted by Crippen LogP contribution is -2.30. The van der Waals surface area contributed by atoms with E-state index in [-0.39, 0.29) is 12.5 Å². The Hall–Kier alpha value is -2.34. The molecule has 2 aromatic carbocycles. The quantitative estimate of drug-likeness (QED) is 0.582. The Kier molecular flexibility index (Phi) is 8.70. The second kappa shape index (κ2) is 11.0. The average Bonchev–Trinajstić information content (AvgIpc) is 2.72. The number of sulfonamides is 1. The molecule has 0 spiro atoms. The van der Waals surface area contributed by atoms with E-state index in [1.165, 1.54) is 23.4 Å². The molecule has 0 aromatic heterocycles. The van der Waals surface area contributed by atoms with Gasteiger partial charge in [-0.3, -0.25) is 9.10 Å². The number of nitrogens with one attached hydrogen (secondary N) is 1. The number of para-hydroxylation sites is 1. The van der Waals surface area contributed by atoms with E-state index in [1.54, 1.807) is 24.3 Å². The van der Waals surface area contributed by atoms with Crippen molar-refractivity contribution in [2.75, 3.05) is 17.1 Å². The molecule has 29 heavy (non-hydrogen) atoms. The number of hydrogen-bond acceptors (Lipinski definition) is 3. The Balaban J connectivity index is 2.02. The standard InChI is InChI=1S/C23H32N2O3S/c1-4-6-10-19(5-2)17-24-23(26)21-15-13-20(14-16-21)18-25(29(3,27)28)22-11-8-7-9-12-22/h7-9,11-16,19H,4-6,10,17-18H2,1-3H3,(H,24,26). The zero-order valence-electron chi connectivity index (χ0n) is 17.6. The minimum Gasteiger partial charge on any atom is -0.352 e. The van der Waals surface area contributed by atoms with E-state index in [4.69, 9.17) is 0 Å². The highest BCUT2D eigenvalue weighted by molar-refractivity contribution is 7.92. The van der Waals surface area contributed by atoms with Gasteiger partial charge >= 0.3 is 0 Å². The minimum atomic E-state index is -3.42. The van der Waals surface area contributed by atoms with Crippen molar-refractivity contribution < 1.29 is 13.2 Å². The van der Waals surface area contributed by atoms with Gasteiger partial charge in [-0.05, 0) is 42.2 Å². The minimum absolute atomic E-state index is 0.0884. The molecule has 1 unspecified atom stereocenters. The van der Waals surface area contributed by atoms with E-state index in [0.29, 0.717) is 23.7 Å². The van der Waals surface area contributed by atoms with E-state index in [1.807, 2.05) is 30.3 Å². The van der Waals surface area contributed by atoms with Crippen LogP contribution in [0.2, 0.25) is 0 Å². The second-order valence-electron chi connectivity index (χ2n) is 7.43. The molecule has 6 heteroatoms. The predicted octanol–water partition coefficient (Wildman–Crippen LogP) is 4.60. The predicted molar refractivity (Wildman–Crippen MR) is 120 cm³/mol. The number of benzene rings is 2. The van der Waals surface area contributed by atoms with Crippen molar-refractivity contribution in [3.63, 3.8) is 0 Å². The van der Waals surface area contributed by atoms with Crippen LogP contribution in [0, 0.1) is 5.92 Å². The number of amides is 1. The van der Waals surface area contributed by atoms with E-state index < -0.39 is 10.0 Å². The third kappa shape index (κ3) is 7.20. The van der Waals surface area contributed by atoms with Gasteiger partial charge in [0.15, 0.2) is 0 Å².